The first-order chi connectivity index (χ1) is 10.0. The molecule has 110 valence electrons. The highest BCUT2D eigenvalue weighted by Gasteiger charge is 2.04. The van der Waals surface area contributed by atoms with Crippen molar-refractivity contribution in [3.05, 3.63) is 63.9 Å². The molecule has 0 aliphatic rings. The van der Waals surface area contributed by atoms with Crippen molar-refractivity contribution in [2.75, 3.05) is 11.9 Å². The third-order valence-corrected chi connectivity index (χ3v) is 3.52. The first-order valence-electron chi connectivity index (χ1n) is 6.60. The molecule has 0 saturated heterocycles. The van der Waals surface area contributed by atoms with E-state index < -0.39 is 0 Å². The second kappa shape index (κ2) is 7.22. The molecule has 0 fully saturated rings. The monoisotopic (exact) mass is 350 g/mol. The number of hydrogen-bond donors (Lipinski definition) is 2. The molecule has 0 aromatic heterocycles. The van der Waals surface area contributed by atoms with Crippen molar-refractivity contribution < 1.29 is 9.18 Å². The normalized spacial score (nSPS) is 10.2. The van der Waals surface area contributed by atoms with Crippen LogP contribution < -0.4 is 10.6 Å². The highest BCUT2D eigenvalue weighted by molar-refractivity contribution is 9.10. The predicted molar refractivity (Wildman–Crippen MR) is 86.0 cm³/mol. The highest BCUT2D eigenvalue weighted by Crippen LogP contribution is 2.19. The third kappa shape index (κ3) is 4.86. The predicted octanol–water partition coefficient (Wildman–Crippen LogP) is 4.26. The van der Waals surface area contributed by atoms with Gasteiger partial charge in [-0.3, -0.25) is 0 Å². The fourth-order valence-corrected chi connectivity index (χ4v) is 2.42. The van der Waals surface area contributed by atoms with Gasteiger partial charge in [0.2, 0.25) is 0 Å². The van der Waals surface area contributed by atoms with E-state index in [1.165, 1.54) is 12.1 Å². The van der Waals surface area contributed by atoms with Crippen molar-refractivity contribution in [1.82, 2.24) is 5.32 Å². The number of benzene rings is 2. The van der Waals surface area contributed by atoms with E-state index >= 15 is 0 Å². The number of urea groups is 1. The molecule has 2 N–H and O–H groups in total. The van der Waals surface area contributed by atoms with Gasteiger partial charge in [0.05, 0.1) is 0 Å². The van der Waals surface area contributed by atoms with Crippen molar-refractivity contribution in [2.45, 2.75) is 13.3 Å². The molecular formula is C16H16BrFN2O. The molecule has 21 heavy (non-hydrogen) atoms. The molecule has 0 atom stereocenters. The minimum atomic E-state index is -0.267. The maximum atomic E-state index is 13.0. The fourth-order valence-electron chi connectivity index (χ4n) is 1.95. The molecule has 0 aliphatic carbocycles. The van der Waals surface area contributed by atoms with E-state index in [9.17, 15) is 9.18 Å². The summed E-state index contributed by atoms with van der Waals surface area (Å²) in [5.41, 5.74) is 2.60. The minimum Gasteiger partial charge on any atom is -0.338 e. The van der Waals surface area contributed by atoms with E-state index in [1.807, 2.05) is 31.2 Å². The molecule has 5 heteroatoms. The Kier molecular flexibility index (Phi) is 5.33. The number of carbonyl (C=O) groups is 1. The first-order valence-corrected chi connectivity index (χ1v) is 7.39. The SMILES string of the molecule is Cc1cc(Br)ccc1NC(=O)NCCc1cccc(F)c1. The van der Waals surface area contributed by atoms with Crippen molar-refractivity contribution >= 4 is 27.6 Å². The van der Waals surface area contributed by atoms with Crippen LogP contribution >= 0.6 is 15.9 Å². The van der Waals surface area contributed by atoms with Crippen LogP contribution in [0.5, 0.6) is 0 Å². The summed E-state index contributed by atoms with van der Waals surface area (Å²) in [6.07, 6.45) is 0.588. The zero-order valence-electron chi connectivity index (χ0n) is 11.6. The van der Waals surface area contributed by atoms with Crippen molar-refractivity contribution in [3.63, 3.8) is 0 Å². The first kappa shape index (κ1) is 15.5. The molecule has 2 aromatic carbocycles. The summed E-state index contributed by atoms with van der Waals surface area (Å²) in [6.45, 7) is 2.37. The Morgan fingerprint density at radius 3 is 2.76 bits per heavy atom. The van der Waals surface area contributed by atoms with Crippen LogP contribution in [-0.4, -0.2) is 12.6 Å². The molecule has 0 bridgehead atoms. The zero-order valence-corrected chi connectivity index (χ0v) is 13.2. The van der Waals surface area contributed by atoms with Gasteiger partial charge >= 0.3 is 6.03 Å². The Bertz CT molecular complexity index is 646. The smallest absolute Gasteiger partial charge is 0.319 e. The number of halogens is 2. The third-order valence-electron chi connectivity index (χ3n) is 3.02. The van der Waals surface area contributed by atoms with Gasteiger partial charge in [-0.1, -0.05) is 28.1 Å². The van der Waals surface area contributed by atoms with Crippen LogP contribution in [0.25, 0.3) is 0 Å². The molecular weight excluding hydrogens is 335 g/mol. The minimum absolute atomic E-state index is 0.262. The number of anilines is 1. The van der Waals surface area contributed by atoms with Crippen molar-refractivity contribution in [2.24, 2.45) is 0 Å². The molecule has 0 heterocycles. The maximum absolute atomic E-state index is 13.0. The lowest BCUT2D eigenvalue weighted by Gasteiger charge is -2.10. The zero-order chi connectivity index (χ0) is 15.2. The Hall–Kier alpha value is -1.88. The van der Waals surface area contributed by atoms with E-state index in [0.717, 1.165) is 21.3 Å². The largest absolute Gasteiger partial charge is 0.338 e. The molecule has 3 nitrogen and oxygen atoms in total. The van der Waals surface area contributed by atoms with Gasteiger partial charge in [0.25, 0.3) is 0 Å². The van der Waals surface area contributed by atoms with Gasteiger partial charge in [0.1, 0.15) is 5.82 Å². The molecule has 0 unspecified atom stereocenters. The average molecular weight is 351 g/mol. The van der Waals surface area contributed by atoms with E-state index in [-0.39, 0.29) is 11.8 Å². The Labute approximate surface area is 131 Å². The second-order valence-electron chi connectivity index (χ2n) is 4.72. The van der Waals surface area contributed by atoms with Gasteiger partial charge in [-0.15, -0.1) is 0 Å². The topological polar surface area (TPSA) is 41.1 Å². The van der Waals surface area contributed by atoms with Crippen LogP contribution in [0.4, 0.5) is 14.9 Å². The van der Waals surface area contributed by atoms with Crippen molar-refractivity contribution in [1.29, 1.82) is 0 Å². The fraction of sp³-hybridized carbons (Fsp3) is 0.188. The van der Waals surface area contributed by atoms with Gasteiger partial charge in [0.15, 0.2) is 0 Å². The van der Waals surface area contributed by atoms with Crippen LogP contribution in [0, 0.1) is 12.7 Å². The van der Waals surface area contributed by atoms with Gasteiger partial charge in [-0.2, -0.15) is 0 Å². The molecule has 0 aliphatic heterocycles. The Morgan fingerprint density at radius 2 is 2.05 bits per heavy atom. The summed E-state index contributed by atoms with van der Waals surface area (Å²) in [5, 5.41) is 5.55. The maximum Gasteiger partial charge on any atom is 0.319 e. The number of rotatable bonds is 4. The number of nitrogens with one attached hydrogen (secondary N) is 2. The average Bonchev–Trinajstić information content (AvgIpc) is 2.42. The van der Waals surface area contributed by atoms with Gasteiger partial charge in [-0.25, -0.2) is 9.18 Å². The van der Waals surface area contributed by atoms with Gasteiger partial charge in [0, 0.05) is 16.7 Å². The summed E-state index contributed by atoms with van der Waals surface area (Å²) in [7, 11) is 0. The lowest BCUT2D eigenvalue weighted by Crippen LogP contribution is -2.30. The number of aryl methyl sites for hydroxylation is 1. The molecule has 0 saturated carbocycles. The molecule has 0 radical (unpaired) electrons. The molecule has 2 amide bonds. The van der Waals surface area contributed by atoms with Crippen LogP contribution in [-0.2, 0) is 6.42 Å². The summed E-state index contributed by atoms with van der Waals surface area (Å²) in [6, 6.07) is 11.7. The van der Waals surface area contributed by atoms with E-state index in [4.69, 9.17) is 0 Å². The number of hydrogen-bond acceptors (Lipinski definition) is 1. The standard InChI is InChI=1S/C16H16BrFN2O/c1-11-9-13(17)5-6-15(11)20-16(21)19-8-7-12-3-2-4-14(18)10-12/h2-6,9-10H,7-8H2,1H3,(H2,19,20,21). The van der Waals surface area contributed by atoms with E-state index in [0.29, 0.717) is 13.0 Å². The van der Waals surface area contributed by atoms with Crippen LogP contribution in [0.2, 0.25) is 0 Å². The summed E-state index contributed by atoms with van der Waals surface area (Å²) < 4.78 is 14.0. The van der Waals surface area contributed by atoms with Crippen LogP contribution in [0.3, 0.4) is 0 Å². The quantitative estimate of drug-likeness (QED) is 0.849. The Balaban J connectivity index is 1.82. The van der Waals surface area contributed by atoms with Crippen molar-refractivity contribution in [3.8, 4) is 0 Å². The molecule has 2 rings (SSSR count). The highest BCUT2D eigenvalue weighted by atomic mass is 79.9. The molecule has 0 spiro atoms. The van der Waals surface area contributed by atoms with Gasteiger partial charge < -0.3 is 10.6 Å². The summed E-state index contributed by atoms with van der Waals surface area (Å²) in [4.78, 5) is 11.8. The van der Waals surface area contributed by atoms with E-state index in [1.54, 1.807) is 6.07 Å². The van der Waals surface area contributed by atoms with E-state index in [2.05, 4.69) is 26.6 Å². The van der Waals surface area contributed by atoms with Crippen LogP contribution in [0.1, 0.15) is 11.1 Å². The summed E-state index contributed by atoms with van der Waals surface area (Å²) in [5.74, 6) is -0.262. The van der Waals surface area contributed by atoms with Crippen LogP contribution in [0.15, 0.2) is 46.9 Å². The lowest BCUT2D eigenvalue weighted by molar-refractivity contribution is 0.252. The number of carbonyl (C=O) groups excluding carboxylic acids is 1. The Morgan fingerprint density at radius 1 is 1.24 bits per heavy atom. The number of amides is 2. The summed E-state index contributed by atoms with van der Waals surface area (Å²) >= 11 is 3.38. The van der Waals surface area contributed by atoms with Gasteiger partial charge in [-0.05, 0) is 54.8 Å². The second-order valence-corrected chi connectivity index (χ2v) is 5.64. The lowest BCUT2D eigenvalue weighted by atomic mass is 10.1. The molecule has 2 aromatic rings.